The summed E-state index contributed by atoms with van der Waals surface area (Å²) in [6, 6.07) is 4.97. The van der Waals surface area contributed by atoms with Crippen molar-refractivity contribution in [2.24, 2.45) is 0 Å². The average molecular weight is 314 g/mol. The number of rotatable bonds is 5. The normalized spacial score (nSPS) is 10.8. The fourth-order valence-corrected chi connectivity index (χ4v) is 1.87. The molecule has 0 radical (unpaired) electrons. The molecule has 0 bridgehead atoms. The van der Waals surface area contributed by atoms with Crippen molar-refractivity contribution >= 4 is 15.9 Å². The van der Waals surface area contributed by atoms with Gasteiger partial charge in [-0.3, -0.25) is 0 Å². The van der Waals surface area contributed by atoms with Gasteiger partial charge in [-0.1, -0.05) is 13.0 Å². The number of nitrogens with zero attached hydrogens (tertiary/aromatic N) is 2. The molecule has 0 aliphatic rings. The van der Waals surface area contributed by atoms with Gasteiger partial charge in [0, 0.05) is 13.0 Å². The maximum Gasteiger partial charge on any atom is 0.250 e. The fraction of sp³-hybridized carbons (Fsp3) is 0.333. The predicted molar refractivity (Wildman–Crippen MR) is 69.6 cm³/mol. The van der Waals surface area contributed by atoms with Crippen molar-refractivity contribution < 1.29 is 8.81 Å². The van der Waals surface area contributed by atoms with E-state index in [2.05, 4.69) is 31.4 Å². The largest absolute Gasteiger partial charge is 0.421 e. The van der Waals surface area contributed by atoms with Crippen LogP contribution in [0.4, 0.5) is 4.39 Å². The van der Waals surface area contributed by atoms with Crippen LogP contribution in [0.1, 0.15) is 12.8 Å². The molecule has 0 saturated heterocycles. The number of halogens is 2. The molecule has 0 atom stereocenters. The van der Waals surface area contributed by atoms with Crippen LogP contribution in [0.15, 0.2) is 27.1 Å². The molecule has 0 spiro atoms. The van der Waals surface area contributed by atoms with E-state index in [0.29, 0.717) is 22.3 Å². The first-order valence-electron chi connectivity index (χ1n) is 5.70. The first-order chi connectivity index (χ1) is 8.72. The highest BCUT2D eigenvalue weighted by atomic mass is 79.9. The maximum atomic E-state index is 13.8. The summed E-state index contributed by atoms with van der Waals surface area (Å²) in [5, 5.41) is 10.9. The number of hydrogen-bond donors (Lipinski definition) is 1. The minimum absolute atomic E-state index is 0.209. The van der Waals surface area contributed by atoms with Crippen LogP contribution >= 0.6 is 15.9 Å². The van der Waals surface area contributed by atoms with Crippen molar-refractivity contribution in [2.45, 2.75) is 13.3 Å². The Labute approximate surface area is 113 Å². The zero-order valence-corrected chi connectivity index (χ0v) is 11.5. The minimum Gasteiger partial charge on any atom is -0.421 e. The molecule has 0 unspecified atom stereocenters. The van der Waals surface area contributed by atoms with Crippen molar-refractivity contribution in [3.05, 3.63) is 34.4 Å². The molecule has 1 aromatic carbocycles. The van der Waals surface area contributed by atoms with E-state index in [-0.39, 0.29) is 11.7 Å². The Hall–Kier alpha value is -1.27. The van der Waals surface area contributed by atoms with E-state index < -0.39 is 0 Å². The van der Waals surface area contributed by atoms with Crippen LogP contribution in [0.2, 0.25) is 0 Å². The molecule has 0 fully saturated rings. The summed E-state index contributed by atoms with van der Waals surface area (Å²) in [5.41, 5.74) is 0.312. The molecule has 1 aromatic heterocycles. The standard InChI is InChI=1S/C12H13BrFN3O/c1-2-15-7-6-10-16-17-12(18-10)8-4-3-5-9(13)11(8)14/h3-5,15H,2,6-7H2,1H3. The van der Waals surface area contributed by atoms with Crippen LogP contribution < -0.4 is 5.32 Å². The maximum absolute atomic E-state index is 13.8. The number of aromatic nitrogens is 2. The topological polar surface area (TPSA) is 51.0 Å². The number of benzene rings is 1. The average Bonchev–Trinajstić information content (AvgIpc) is 2.82. The summed E-state index contributed by atoms with van der Waals surface area (Å²) in [6.07, 6.45) is 0.635. The molecular formula is C12H13BrFN3O. The van der Waals surface area contributed by atoms with Crippen LogP contribution in [0.3, 0.4) is 0 Å². The highest BCUT2D eigenvalue weighted by Crippen LogP contribution is 2.26. The smallest absolute Gasteiger partial charge is 0.250 e. The third-order valence-electron chi connectivity index (χ3n) is 2.41. The van der Waals surface area contributed by atoms with E-state index in [1.807, 2.05) is 6.92 Å². The van der Waals surface area contributed by atoms with Crippen LogP contribution in [-0.4, -0.2) is 23.3 Å². The molecule has 1 heterocycles. The number of likely N-dealkylation sites (N-methyl/N-ethyl adjacent to an activating group) is 1. The van der Waals surface area contributed by atoms with Crippen LogP contribution in [0.25, 0.3) is 11.5 Å². The molecule has 2 aromatic rings. The molecule has 1 N–H and O–H groups in total. The molecule has 18 heavy (non-hydrogen) atoms. The summed E-state index contributed by atoms with van der Waals surface area (Å²) in [5.74, 6) is 0.324. The Kier molecular flexibility index (Phi) is 4.43. The van der Waals surface area contributed by atoms with Crippen molar-refractivity contribution in [3.63, 3.8) is 0 Å². The quantitative estimate of drug-likeness (QED) is 0.862. The Balaban J connectivity index is 2.16. The highest BCUT2D eigenvalue weighted by molar-refractivity contribution is 9.10. The predicted octanol–water partition coefficient (Wildman–Crippen LogP) is 2.79. The minimum atomic E-state index is -0.389. The van der Waals surface area contributed by atoms with Gasteiger partial charge in [-0.2, -0.15) is 0 Å². The fourth-order valence-electron chi connectivity index (χ4n) is 1.50. The Bertz CT molecular complexity index is 530. The molecule has 2 rings (SSSR count). The summed E-state index contributed by atoms with van der Waals surface area (Å²) in [6.45, 7) is 3.68. The molecule has 4 nitrogen and oxygen atoms in total. The molecular weight excluding hydrogens is 301 g/mol. The van der Waals surface area contributed by atoms with Crippen molar-refractivity contribution in [3.8, 4) is 11.5 Å². The van der Waals surface area contributed by atoms with E-state index >= 15 is 0 Å². The second kappa shape index (κ2) is 6.06. The first-order valence-corrected chi connectivity index (χ1v) is 6.49. The van der Waals surface area contributed by atoms with E-state index in [1.165, 1.54) is 0 Å². The summed E-state index contributed by atoms with van der Waals surface area (Å²) in [4.78, 5) is 0. The molecule has 6 heteroatoms. The lowest BCUT2D eigenvalue weighted by Crippen LogP contribution is -2.16. The second-order valence-corrected chi connectivity index (χ2v) is 4.56. The molecule has 0 saturated carbocycles. The molecule has 0 aliphatic carbocycles. The number of nitrogens with one attached hydrogen (secondary N) is 1. The third-order valence-corrected chi connectivity index (χ3v) is 3.03. The van der Waals surface area contributed by atoms with E-state index in [9.17, 15) is 4.39 Å². The SMILES string of the molecule is CCNCCc1nnc(-c2cccc(Br)c2F)o1. The van der Waals surface area contributed by atoms with Crippen molar-refractivity contribution in [1.29, 1.82) is 0 Å². The second-order valence-electron chi connectivity index (χ2n) is 3.71. The van der Waals surface area contributed by atoms with Crippen molar-refractivity contribution in [1.82, 2.24) is 15.5 Å². The monoisotopic (exact) mass is 313 g/mol. The van der Waals surface area contributed by atoms with Gasteiger partial charge in [0.1, 0.15) is 5.82 Å². The van der Waals surface area contributed by atoms with Gasteiger partial charge in [-0.05, 0) is 34.6 Å². The first kappa shape index (κ1) is 13.2. The lowest BCUT2D eigenvalue weighted by atomic mass is 10.2. The Morgan fingerprint density at radius 2 is 2.22 bits per heavy atom. The van der Waals surface area contributed by atoms with Gasteiger partial charge >= 0.3 is 0 Å². The lowest BCUT2D eigenvalue weighted by Gasteiger charge is -1.99. The Morgan fingerprint density at radius 1 is 1.39 bits per heavy atom. The molecule has 0 amide bonds. The van der Waals surface area contributed by atoms with Crippen LogP contribution in [-0.2, 0) is 6.42 Å². The summed E-state index contributed by atoms with van der Waals surface area (Å²) < 4.78 is 19.6. The van der Waals surface area contributed by atoms with Crippen molar-refractivity contribution in [2.75, 3.05) is 13.1 Å². The van der Waals surface area contributed by atoms with Gasteiger partial charge in [-0.25, -0.2) is 4.39 Å². The van der Waals surface area contributed by atoms with Gasteiger partial charge in [0.2, 0.25) is 5.89 Å². The molecule has 0 aliphatic heterocycles. The van der Waals surface area contributed by atoms with Gasteiger partial charge in [0.15, 0.2) is 0 Å². The van der Waals surface area contributed by atoms with E-state index in [0.717, 1.165) is 13.1 Å². The van der Waals surface area contributed by atoms with Gasteiger partial charge in [0.25, 0.3) is 5.89 Å². The number of hydrogen-bond acceptors (Lipinski definition) is 4. The third kappa shape index (κ3) is 2.94. The van der Waals surface area contributed by atoms with Crippen LogP contribution in [0, 0.1) is 5.82 Å². The summed E-state index contributed by atoms with van der Waals surface area (Å²) in [7, 11) is 0. The van der Waals surface area contributed by atoms with E-state index in [4.69, 9.17) is 4.42 Å². The zero-order chi connectivity index (χ0) is 13.0. The van der Waals surface area contributed by atoms with Gasteiger partial charge < -0.3 is 9.73 Å². The summed E-state index contributed by atoms with van der Waals surface area (Å²) >= 11 is 3.13. The van der Waals surface area contributed by atoms with Gasteiger partial charge in [0.05, 0.1) is 10.0 Å². The zero-order valence-electron chi connectivity index (χ0n) is 9.91. The van der Waals surface area contributed by atoms with E-state index in [1.54, 1.807) is 18.2 Å². The van der Waals surface area contributed by atoms with Gasteiger partial charge in [-0.15, -0.1) is 10.2 Å². The van der Waals surface area contributed by atoms with Crippen LogP contribution in [0.5, 0.6) is 0 Å². The Morgan fingerprint density at radius 3 is 3.00 bits per heavy atom. The lowest BCUT2D eigenvalue weighted by molar-refractivity contribution is 0.493. The molecule has 96 valence electrons. The highest BCUT2D eigenvalue weighted by Gasteiger charge is 2.14.